The van der Waals surface area contributed by atoms with Crippen LogP contribution in [0.3, 0.4) is 0 Å². The molecule has 0 aliphatic heterocycles. The molecule has 3 N–H and O–H groups in total. The highest BCUT2D eigenvalue weighted by atomic mass is 79.9. The molecule has 0 aliphatic carbocycles. The Morgan fingerprint density at radius 2 is 1.81 bits per heavy atom. The molecule has 0 bridgehead atoms. The Bertz CT molecular complexity index is 830. The van der Waals surface area contributed by atoms with Crippen LogP contribution in [-0.4, -0.2) is 30.3 Å². The lowest BCUT2D eigenvalue weighted by Gasteiger charge is -2.19. The maximum absolute atomic E-state index is 13.9. The summed E-state index contributed by atoms with van der Waals surface area (Å²) < 4.78 is 14.4. The van der Waals surface area contributed by atoms with E-state index in [1.807, 2.05) is 30.3 Å². The average Bonchev–Trinajstić information content (AvgIpc) is 2.62. The van der Waals surface area contributed by atoms with Crippen LogP contribution in [-0.2, 0) is 16.0 Å². The Balaban J connectivity index is 2.08. The Hall–Kier alpha value is -2.74. The molecule has 2 aromatic carbocycles. The van der Waals surface area contributed by atoms with Gasteiger partial charge in [0, 0.05) is 10.9 Å². The molecule has 0 heterocycles. The number of anilines is 1. The summed E-state index contributed by atoms with van der Waals surface area (Å²) in [5.74, 6) is -1.32. The smallest absolute Gasteiger partial charge is 0.319 e. The van der Waals surface area contributed by atoms with Gasteiger partial charge >= 0.3 is 6.03 Å². The zero-order valence-electron chi connectivity index (χ0n) is 14.6. The first-order valence-electron chi connectivity index (χ1n) is 8.19. The van der Waals surface area contributed by atoms with Crippen molar-refractivity contribution in [1.82, 2.24) is 10.6 Å². The molecule has 0 aromatic heterocycles. The Labute approximate surface area is 164 Å². The third-order valence-electron chi connectivity index (χ3n) is 3.60. The molecule has 0 fully saturated rings. The van der Waals surface area contributed by atoms with Gasteiger partial charge in [-0.15, -0.1) is 0 Å². The van der Waals surface area contributed by atoms with E-state index in [9.17, 15) is 18.8 Å². The molecule has 3 amide bonds. The van der Waals surface area contributed by atoms with E-state index in [-0.39, 0.29) is 24.4 Å². The van der Waals surface area contributed by atoms with Gasteiger partial charge in [0.05, 0.1) is 12.2 Å². The van der Waals surface area contributed by atoms with Crippen molar-refractivity contribution in [1.29, 1.82) is 0 Å². The van der Waals surface area contributed by atoms with Gasteiger partial charge in [-0.25, -0.2) is 9.18 Å². The van der Waals surface area contributed by atoms with Crippen LogP contribution in [0, 0.1) is 5.82 Å². The van der Waals surface area contributed by atoms with Crippen molar-refractivity contribution >= 4 is 39.3 Å². The van der Waals surface area contributed by atoms with Gasteiger partial charge in [-0.3, -0.25) is 9.59 Å². The number of Topliss-reactive ketones (excluding diaryl/α,β-unsaturated/α-hetero) is 1. The van der Waals surface area contributed by atoms with Gasteiger partial charge < -0.3 is 16.0 Å². The molecule has 8 heteroatoms. The van der Waals surface area contributed by atoms with Crippen molar-refractivity contribution in [3.8, 4) is 0 Å². The van der Waals surface area contributed by atoms with Crippen molar-refractivity contribution in [3.05, 3.63) is 64.4 Å². The minimum absolute atomic E-state index is 0.0155. The molecule has 0 spiro atoms. The first kappa shape index (κ1) is 20.6. The molecule has 0 aliphatic rings. The fourth-order valence-corrected chi connectivity index (χ4v) is 2.63. The summed E-state index contributed by atoms with van der Waals surface area (Å²) in [5, 5.41) is 7.39. The summed E-state index contributed by atoms with van der Waals surface area (Å²) in [6.07, 6.45) is 0.223. The highest BCUT2D eigenvalue weighted by Crippen LogP contribution is 2.19. The largest absolute Gasteiger partial charge is 0.347 e. The maximum atomic E-state index is 13.9. The highest BCUT2D eigenvalue weighted by molar-refractivity contribution is 9.10. The second kappa shape index (κ2) is 9.82. The van der Waals surface area contributed by atoms with Gasteiger partial charge in [0.2, 0.25) is 5.91 Å². The van der Waals surface area contributed by atoms with Crippen molar-refractivity contribution < 1.29 is 18.8 Å². The molecule has 2 aromatic rings. The fourth-order valence-electron chi connectivity index (χ4n) is 2.30. The molecular weight excluding hydrogens is 417 g/mol. The number of urea groups is 1. The number of ketones is 1. The quantitative estimate of drug-likeness (QED) is 0.624. The van der Waals surface area contributed by atoms with Gasteiger partial charge in [0.25, 0.3) is 0 Å². The van der Waals surface area contributed by atoms with Crippen molar-refractivity contribution in [2.45, 2.75) is 19.4 Å². The van der Waals surface area contributed by atoms with Crippen LogP contribution in [0.15, 0.2) is 53.0 Å². The van der Waals surface area contributed by atoms with E-state index in [0.29, 0.717) is 4.47 Å². The predicted octanol–water partition coefficient (Wildman–Crippen LogP) is 3.03. The number of hydrogen-bond acceptors (Lipinski definition) is 3. The minimum atomic E-state index is -0.926. The predicted molar refractivity (Wildman–Crippen MR) is 104 cm³/mol. The van der Waals surface area contributed by atoms with Crippen molar-refractivity contribution in [3.63, 3.8) is 0 Å². The molecule has 142 valence electrons. The Morgan fingerprint density at radius 3 is 2.44 bits per heavy atom. The van der Waals surface area contributed by atoms with Gasteiger partial charge in [-0.05, 0) is 30.7 Å². The lowest BCUT2D eigenvalue weighted by molar-refractivity contribution is -0.125. The summed E-state index contributed by atoms with van der Waals surface area (Å²) >= 11 is 3.14. The fraction of sp³-hybridized carbons (Fsp3) is 0.211. The third-order valence-corrected chi connectivity index (χ3v) is 4.09. The van der Waals surface area contributed by atoms with Crippen LogP contribution < -0.4 is 16.0 Å². The van der Waals surface area contributed by atoms with E-state index < -0.39 is 23.8 Å². The second-order valence-corrected chi connectivity index (χ2v) is 6.80. The summed E-state index contributed by atoms with van der Waals surface area (Å²) in [4.78, 5) is 35.7. The Morgan fingerprint density at radius 1 is 1.11 bits per heavy atom. The van der Waals surface area contributed by atoms with Crippen LogP contribution in [0.2, 0.25) is 0 Å². The van der Waals surface area contributed by atoms with Crippen LogP contribution in [0.4, 0.5) is 14.9 Å². The standard InChI is InChI=1S/C19H19BrFN3O3/c1-12(25)11-22-18(26)17(9-13-5-3-2-4-6-13)24-19(27)23-16-8-7-14(20)10-15(16)21/h2-8,10,17H,9,11H2,1H3,(H,22,26)(H2,23,24,27). The molecule has 2 rings (SSSR count). The zero-order chi connectivity index (χ0) is 19.8. The van der Waals surface area contributed by atoms with Gasteiger partial charge in [-0.2, -0.15) is 0 Å². The molecule has 0 saturated heterocycles. The summed E-state index contributed by atoms with van der Waals surface area (Å²) in [5.41, 5.74) is 0.814. The molecule has 1 atom stereocenters. The molecule has 1 unspecified atom stereocenters. The SMILES string of the molecule is CC(=O)CNC(=O)C(Cc1ccccc1)NC(=O)Nc1ccc(Br)cc1F. The first-order chi connectivity index (χ1) is 12.8. The van der Waals surface area contributed by atoms with Crippen LogP contribution >= 0.6 is 15.9 Å². The normalized spacial score (nSPS) is 11.4. The van der Waals surface area contributed by atoms with Crippen LogP contribution in [0.5, 0.6) is 0 Å². The molecule has 6 nitrogen and oxygen atoms in total. The molecular formula is C19H19BrFN3O3. The van der Waals surface area contributed by atoms with E-state index in [4.69, 9.17) is 0 Å². The van der Waals surface area contributed by atoms with Crippen molar-refractivity contribution in [2.75, 3.05) is 11.9 Å². The van der Waals surface area contributed by atoms with E-state index in [2.05, 4.69) is 31.9 Å². The zero-order valence-corrected chi connectivity index (χ0v) is 16.2. The number of amides is 3. The Kier molecular flexibility index (Phi) is 7.48. The van der Waals surface area contributed by atoms with Crippen LogP contribution in [0.25, 0.3) is 0 Å². The summed E-state index contributed by atoms with van der Waals surface area (Å²) in [6, 6.07) is 11.7. The molecule has 27 heavy (non-hydrogen) atoms. The van der Waals surface area contributed by atoms with Gasteiger partial charge in [-0.1, -0.05) is 46.3 Å². The van der Waals surface area contributed by atoms with Crippen molar-refractivity contribution in [2.24, 2.45) is 0 Å². The third kappa shape index (κ3) is 6.82. The van der Waals surface area contributed by atoms with Gasteiger partial charge in [0.1, 0.15) is 17.6 Å². The summed E-state index contributed by atoms with van der Waals surface area (Å²) in [6.45, 7) is 1.22. The van der Waals surface area contributed by atoms with Gasteiger partial charge in [0.15, 0.2) is 0 Å². The monoisotopic (exact) mass is 435 g/mol. The maximum Gasteiger partial charge on any atom is 0.319 e. The number of nitrogens with one attached hydrogen (secondary N) is 3. The van der Waals surface area contributed by atoms with E-state index in [1.165, 1.54) is 19.1 Å². The molecule has 0 saturated carbocycles. The highest BCUT2D eigenvalue weighted by Gasteiger charge is 2.22. The average molecular weight is 436 g/mol. The first-order valence-corrected chi connectivity index (χ1v) is 8.98. The number of carbonyl (C=O) groups excluding carboxylic acids is 3. The topological polar surface area (TPSA) is 87.3 Å². The van der Waals surface area contributed by atoms with E-state index in [0.717, 1.165) is 5.56 Å². The minimum Gasteiger partial charge on any atom is -0.347 e. The second-order valence-electron chi connectivity index (χ2n) is 5.88. The number of hydrogen-bond donors (Lipinski definition) is 3. The number of halogens is 2. The lowest BCUT2D eigenvalue weighted by atomic mass is 10.1. The number of carbonyl (C=O) groups is 3. The van der Waals surface area contributed by atoms with E-state index >= 15 is 0 Å². The lowest BCUT2D eigenvalue weighted by Crippen LogP contribution is -2.50. The van der Waals surface area contributed by atoms with E-state index in [1.54, 1.807) is 6.07 Å². The number of rotatable bonds is 7. The summed E-state index contributed by atoms with van der Waals surface area (Å²) in [7, 11) is 0. The number of benzene rings is 2. The molecule has 0 radical (unpaired) electrons. The van der Waals surface area contributed by atoms with Crippen LogP contribution in [0.1, 0.15) is 12.5 Å².